The molecule has 1 spiro atoms. The maximum atomic E-state index is 13.6. The second-order valence-corrected chi connectivity index (χ2v) is 7.11. The van der Waals surface area contributed by atoms with Crippen LogP contribution in [0.4, 0.5) is 16.2 Å². The van der Waals surface area contributed by atoms with Crippen LogP contribution >= 0.6 is 11.6 Å². The standard InChI is InChI=1S/C17H16ClFN6/c18-12-8-11(19)9-13-14(12)15(23-22-13)25-7-6-24(10-17(25)2-3-17)16-20-4-1-5-21-16/h1,4-5,8-9H,2-3,6-7,10H2,(H,22,23). The van der Waals surface area contributed by atoms with E-state index in [-0.39, 0.29) is 11.4 Å². The molecule has 2 fully saturated rings. The first-order chi connectivity index (χ1) is 12.2. The molecule has 1 aliphatic carbocycles. The van der Waals surface area contributed by atoms with Crippen molar-refractivity contribution in [1.29, 1.82) is 0 Å². The SMILES string of the molecule is Fc1cc(Cl)c2c(N3CCN(c4ncccn4)CC34CC4)n[nH]c2c1. The van der Waals surface area contributed by atoms with Gasteiger partial charge in [0.1, 0.15) is 5.82 Å². The minimum Gasteiger partial charge on any atom is -0.345 e. The quantitative estimate of drug-likeness (QED) is 0.763. The number of fused-ring (bicyclic) bond motifs is 1. The molecule has 1 aliphatic heterocycles. The minimum atomic E-state index is -0.361. The Kier molecular flexibility index (Phi) is 3.15. The summed E-state index contributed by atoms with van der Waals surface area (Å²) in [6.07, 6.45) is 5.71. The number of nitrogens with zero attached hydrogens (tertiary/aromatic N) is 5. The zero-order valence-electron chi connectivity index (χ0n) is 13.4. The first-order valence-corrected chi connectivity index (χ1v) is 8.67. The zero-order chi connectivity index (χ0) is 17.0. The molecule has 128 valence electrons. The van der Waals surface area contributed by atoms with E-state index in [0.29, 0.717) is 10.5 Å². The van der Waals surface area contributed by atoms with Gasteiger partial charge in [-0.1, -0.05) is 11.6 Å². The highest BCUT2D eigenvalue weighted by molar-refractivity contribution is 6.36. The van der Waals surface area contributed by atoms with Gasteiger partial charge in [0.25, 0.3) is 0 Å². The van der Waals surface area contributed by atoms with E-state index in [1.54, 1.807) is 12.4 Å². The van der Waals surface area contributed by atoms with Gasteiger partial charge in [-0.2, -0.15) is 5.10 Å². The van der Waals surface area contributed by atoms with Gasteiger partial charge in [0, 0.05) is 32.0 Å². The van der Waals surface area contributed by atoms with Gasteiger partial charge in [0.15, 0.2) is 5.82 Å². The average molecular weight is 359 g/mol. The lowest BCUT2D eigenvalue weighted by Crippen LogP contribution is -2.56. The van der Waals surface area contributed by atoms with Crippen molar-refractivity contribution in [3.63, 3.8) is 0 Å². The normalized spacial score (nSPS) is 19.0. The monoisotopic (exact) mass is 358 g/mol. The fourth-order valence-corrected chi connectivity index (χ4v) is 4.05. The van der Waals surface area contributed by atoms with Crippen molar-refractivity contribution >= 4 is 34.3 Å². The van der Waals surface area contributed by atoms with Gasteiger partial charge >= 0.3 is 0 Å². The van der Waals surface area contributed by atoms with E-state index < -0.39 is 0 Å². The molecule has 1 N–H and O–H groups in total. The summed E-state index contributed by atoms with van der Waals surface area (Å²) in [6, 6.07) is 4.60. The Morgan fingerprint density at radius 2 is 1.96 bits per heavy atom. The number of hydrogen-bond donors (Lipinski definition) is 1. The molecule has 3 aromatic rings. The lowest BCUT2D eigenvalue weighted by Gasteiger charge is -2.42. The van der Waals surface area contributed by atoms with Crippen LogP contribution in [0.3, 0.4) is 0 Å². The molecule has 0 unspecified atom stereocenters. The fourth-order valence-electron chi connectivity index (χ4n) is 3.76. The molecule has 8 heteroatoms. The predicted molar refractivity (Wildman–Crippen MR) is 94.6 cm³/mol. The number of piperazine rings is 1. The van der Waals surface area contributed by atoms with E-state index in [1.165, 1.54) is 12.1 Å². The number of nitrogens with one attached hydrogen (secondary N) is 1. The molecule has 1 saturated carbocycles. The van der Waals surface area contributed by atoms with E-state index in [9.17, 15) is 4.39 Å². The first kappa shape index (κ1) is 14.9. The van der Waals surface area contributed by atoms with Gasteiger partial charge in [0.05, 0.1) is 21.5 Å². The molecular formula is C17H16ClFN6. The Morgan fingerprint density at radius 3 is 2.72 bits per heavy atom. The van der Waals surface area contributed by atoms with Crippen LogP contribution in [0.1, 0.15) is 12.8 Å². The summed E-state index contributed by atoms with van der Waals surface area (Å²) in [7, 11) is 0. The van der Waals surface area contributed by atoms with Crippen LogP contribution in [0.15, 0.2) is 30.6 Å². The van der Waals surface area contributed by atoms with Crippen LogP contribution in [-0.2, 0) is 0 Å². The summed E-state index contributed by atoms with van der Waals surface area (Å²) < 4.78 is 13.6. The third kappa shape index (κ3) is 2.33. The number of rotatable bonds is 2. The Bertz CT molecular complexity index is 939. The lowest BCUT2D eigenvalue weighted by atomic mass is 10.1. The molecular weight excluding hydrogens is 343 g/mol. The molecule has 5 rings (SSSR count). The van der Waals surface area contributed by atoms with Gasteiger partial charge in [-0.3, -0.25) is 5.10 Å². The summed E-state index contributed by atoms with van der Waals surface area (Å²) in [5.74, 6) is 1.21. The molecule has 6 nitrogen and oxygen atoms in total. The molecule has 0 amide bonds. The summed E-state index contributed by atoms with van der Waals surface area (Å²) in [6.45, 7) is 2.45. The van der Waals surface area contributed by atoms with Crippen molar-refractivity contribution < 1.29 is 4.39 Å². The third-order valence-corrected chi connectivity index (χ3v) is 5.43. The minimum absolute atomic E-state index is 0.0251. The topological polar surface area (TPSA) is 60.9 Å². The highest BCUT2D eigenvalue weighted by Crippen LogP contribution is 2.48. The Labute approximate surface area is 148 Å². The predicted octanol–water partition coefficient (Wildman–Crippen LogP) is 3.00. The van der Waals surface area contributed by atoms with Crippen molar-refractivity contribution in [2.24, 2.45) is 0 Å². The highest BCUT2D eigenvalue weighted by atomic mass is 35.5. The Hall–Kier alpha value is -2.41. The van der Waals surface area contributed by atoms with Crippen molar-refractivity contribution in [2.75, 3.05) is 29.4 Å². The maximum Gasteiger partial charge on any atom is 0.225 e. The maximum absolute atomic E-state index is 13.6. The van der Waals surface area contributed by atoms with Crippen LogP contribution in [0, 0.1) is 5.82 Å². The molecule has 2 aliphatic rings. The number of aromatic amines is 1. The number of aromatic nitrogens is 4. The van der Waals surface area contributed by atoms with Crippen LogP contribution in [-0.4, -0.2) is 45.3 Å². The molecule has 3 heterocycles. The van der Waals surface area contributed by atoms with Crippen LogP contribution in [0.5, 0.6) is 0 Å². The van der Waals surface area contributed by atoms with Crippen molar-refractivity contribution in [1.82, 2.24) is 20.2 Å². The van der Waals surface area contributed by atoms with Gasteiger partial charge in [0.2, 0.25) is 5.95 Å². The van der Waals surface area contributed by atoms with Crippen LogP contribution < -0.4 is 9.80 Å². The largest absolute Gasteiger partial charge is 0.345 e. The fraction of sp³-hybridized carbons (Fsp3) is 0.353. The Balaban J connectivity index is 1.51. The summed E-state index contributed by atoms with van der Waals surface area (Å²) >= 11 is 6.31. The molecule has 0 bridgehead atoms. The number of hydrogen-bond acceptors (Lipinski definition) is 5. The van der Waals surface area contributed by atoms with E-state index in [0.717, 1.165) is 49.6 Å². The molecule has 25 heavy (non-hydrogen) atoms. The average Bonchev–Trinajstić information content (AvgIpc) is 3.24. The highest BCUT2D eigenvalue weighted by Gasteiger charge is 2.52. The van der Waals surface area contributed by atoms with Crippen LogP contribution in [0.25, 0.3) is 10.9 Å². The molecule has 2 aromatic heterocycles. The second kappa shape index (κ2) is 5.29. The molecule has 1 saturated heterocycles. The van der Waals surface area contributed by atoms with E-state index in [2.05, 4.69) is 30.0 Å². The van der Waals surface area contributed by atoms with Crippen molar-refractivity contribution in [2.45, 2.75) is 18.4 Å². The smallest absolute Gasteiger partial charge is 0.225 e. The number of anilines is 2. The Morgan fingerprint density at radius 1 is 1.16 bits per heavy atom. The van der Waals surface area contributed by atoms with Crippen LogP contribution in [0.2, 0.25) is 5.02 Å². The number of benzene rings is 1. The van der Waals surface area contributed by atoms with Gasteiger partial charge < -0.3 is 9.80 Å². The lowest BCUT2D eigenvalue weighted by molar-refractivity contribution is 0.500. The first-order valence-electron chi connectivity index (χ1n) is 8.29. The van der Waals surface area contributed by atoms with Gasteiger partial charge in [-0.15, -0.1) is 0 Å². The summed E-state index contributed by atoms with van der Waals surface area (Å²) in [4.78, 5) is 13.3. The third-order valence-electron chi connectivity index (χ3n) is 5.13. The number of H-pyrrole nitrogens is 1. The molecule has 1 aromatic carbocycles. The van der Waals surface area contributed by atoms with E-state index in [4.69, 9.17) is 11.6 Å². The van der Waals surface area contributed by atoms with Crippen molar-refractivity contribution in [3.8, 4) is 0 Å². The van der Waals surface area contributed by atoms with Gasteiger partial charge in [-0.25, -0.2) is 14.4 Å². The summed E-state index contributed by atoms with van der Waals surface area (Å²) in [5, 5.41) is 8.56. The van der Waals surface area contributed by atoms with E-state index in [1.807, 2.05) is 6.07 Å². The van der Waals surface area contributed by atoms with E-state index >= 15 is 0 Å². The molecule has 0 atom stereocenters. The zero-order valence-corrected chi connectivity index (χ0v) is 14.2. The summed E-state index contributed by atoms with van der Waals surface area (Å²) in [5.41, 5.74) is 0.654. The second-order valence-electron chi connectivity index (χ2n) is 6.70. The van der Waals surface area contributed by atoms with Crippen molar-refractivity contribution in [3.05, 3.63) is 41.4 Å². The van der Waals surface area contributed by atoms with Gasteiger partial charge in [-0.05, 0) is 31.0 Å². The number of halogens is 2. The molecule has 0 radical (unpaired) electrons.